The summed E-state index contributed by atoms with van der Waals surface area (Å²) < 4.78 is 1.75. The smallest absolute Gasteiger partial charge is 0.256 e. The first-order chi connectivity index (χ1) is 15.7. The number of rotatable bonds is 3. The van der Waals surface area contributed by atoms with Crippen molar-refractivity contribution >= 4 is 22.9 Å². The summed E-state index contributed by atoms with van der Waals surface area (Å²) in [6.07, 6.45) is 10.9. The number of carbonyl (C=O) groups is 1. The van der Waals surface area contributed by atoms with E-state index in [-0.39, 0.29) is 5.91 Å². The predicted octanol–water partition coefficient (Wildman–Crippen LogP) is 4.65. The van der Waals surface area contributed by atoms with Crippen molar-refractivity contribution in [2.45, 2.75) is 26.2 Å². The van der Waals surface area contributed by atoms with Crippen molar-refractivity contribution in [1.82, 2.24) is 19.6 Å². The number of amides is 1. The molecule has 0 saturated heterocycles. The molecule has 6 heteroatoms. The molecule has 4 aromatic rings. The molecular formula is C26H21N5O. The Morgan fingerprint density at radius 2 is 2.03 bits per heavy atom. The number of aryl methyl sites for hydroxylation is 1. The summed E-state index contributed by atoms with van der Waals surface area (Å²) in [5, 5.41) is 7.35. The molecule has 1 aliphatic rings. The molecule has 0 atom stereocenters. The van der Waals surface area contributed by atoms with E-state index in [1.54, 1.807) is 41.2 Å². The molecule has 6 nitrogen and oxygen atoms in total. The van der Waals surface area contributed by atoms with Gasteiger partial charge in [-0.2, -0.15) is 5.10 Å². The Balaban J connectivity index is 1.41. The minimum atomic E-state index is -0.225. The second-order valence-corrected chi connectivity index (χ2v) is 7.73. The average Bonchev–Trinajstić information content (AvgIpc) is 3.49. The number of imidazole rings is 1. The monoisotopic (exact) mass is 419 g/mol. The molecule has 1 N–H and O–H groups in total. The number of aromatic nitrogens is 4. The van der Waals surface area contributed by atoms with Crippen LogP contribution in [0, 0.1) is 18.8 Å². The molecule has 1 aliphatic carbocycles. The van der Waals surface area contributed by atoms with E-state index < -0.39 is 0 Å². The number of fused-ring (bicyclic) bond motifs is 1. The van der Waals surface area contributed by atoms with Crippen LogP contribution in [-0.4, -0.2) is 25.5 Å². The number of carbonyl (C=O) groups excluding carboxylic acids is 1. The van der Waals surface area contributed by atoms with Crippen molar-refractivity contribution in [3.05, 3.63) is 95.1 Å². The van der Waals surface area contributed by atoms with Crippen LogP contribution in [0.4, 0.5) is 5.82 Å². The van der Waals surface area contributed by atoms with Gasteiger partial charge in [0.1, 0.15) is 11.5 Å². The van der Waals surface area contributed by atoms with E-state index in [9.17, 15) is 4.79 Å². The first kappa shape index (κ1) is 19.7. The molecule has 3 heterocycles. The van der Waals surface area contributed by atoms with Gasteiger partial charge in [-0.25, -0.2) is 14.5 Å². The summed E-state index contributed by atoms with van der Waals surface area (Å²) in [5.41, 5.74) is 6.24. The highest BCUT2D eigenvalue weighted by Crippen LogP contribution is 2.27. The highest BCUT2D eigenvalue weighted by Gasteiger charge is 2.11. The largest absolute Gasteiger partial charge is 0.307 e. The zero-order valence-corrected chi connectivity index (χ0v) is 17.7. The summed E-state index contributed by atoms with van der Waals surface area (Å²) in [6.45, 7) is 1.97. The molecule has 156 valence electrons. The quantitative estimate of drug-likeness (QED) is 0.491. The fourth-order valence-electron chi connectivity index (χ4n) is 3.72. The van der Waals surface area contributed by atoms with Crippen molar-refractivity contribution < 1.29 is 4.79 Å². The van der Waals surface area contributed by atoms with Crippen LogP contribution in [0.2, 0.25) is 0 Å². The fraction of sp³-hybridized carbons (Fsp3) is 0.154. The third-order valence-electron chi connectivity index (χ3n) is 5.50. The van der Waals surface area contributed by atoms with Gasteiger partial charge in [-0.3, -0.25) is 4.79 Å². The summed E-state index contributed by atoms with van der Waals surface area (Å²) in [7, 11) is 0. The maximum absolute atomic E-state index is 12.6. The van der Waals surface area contributed by atoms with E-state index in [2.05, 4.69) is 44.4 Å². The molecule has 0 fully saturated rings. The van der Waals surface area contributed by atoms with Gasteiger partial charge in [0.05, 0.1) is 12.4 Å². The fourth-order valence-corrected chi connectivity index (χ4v) is 3.72. The molecule has 5 rings (SSSR count). The van der Waals surface area contributed by atoms with Gasteiger partial charge in [-0.15, -0.1) is 0 Å². The SMILES string of the molecule is Cc1ccc(C(=O)Nc2ccccn2)cc1C#Cc1cnc2cc(C3=CCCC3)cnn12. The Labute approximate surface area is 186 Å². The van der Waals surface area contributed by atoms with Gasteiger partial charge < -0.3 is 5.32 Å². The second kappa shape index (κ2) is 8.48. The van der Waals surface area contributed by atoms with Crippen molar-refractivity contribution in [3.63, 3.8) is 0 Å². The van der Waals surface area contributed by atoms with Gasteiger partial charge in [-0.05, 0) is 73.6 Å². The summed E-state index contributed by atoms with van der Waals surface area (Å²) in [5.74, 6) is 6.62. The van der Waals surface area contributed by atoms with Crippen LogP contribution < -0.4 is 5.32 Å². The number of pyridine rings is 1. The topological polar surface area (TPSA) is 72.2 Å². The molecule has 1 amide bonds. The molecule has 3 aromatic heterocycles. The molecule has 0 aliphatic heterocycles. The Morgan fingerprint density at radius 3 is 2.84 bits per heavy atom. The molecule has 0 unspecified atom stereocenters. The van der Waals surface area contributed by atoms with Crippen molar-refractivity contribution in [1.29, 1.82) is 0 Å². The van der Waals surface area contributed by atoms with Gasteiger partial charge in [0.25, 0.3) is 5.91 Å². The average molecular weight is 419 g/mol. The zero-order chi connectivity index (χ0) is 21.9. The van der Waals surface area contributed by atoms with Gasteiger partial charge in [0, 0.05) is 22.9 Å². The maximum Gasteiger partial charge on any atom is 0.256 e. The standard InChI is InChI=1S/C26H21N5O/c1-18-9-10-21(26(32)30-24-8-4-5-13-27-24)14-20(18)11-12-23-17-28-25-15-22(16-29-31(23)25)19-6-2-3-7-19/h4-6,8-10,13-17H,2-3,7H2,1H3,(H,27,30,32). The first-order valence-corrected chi connectivity index (χ1v) is 10.6. The normalized spacial score (nSPS) is 12.8. The Morgan fingerprint density at radius 1 is 1.09 bits per heavy atom. The summed E-state index contributed by atoms with van der Waals surface area (Å²) in [6, 6.07) is 12.9. The molecular weight excluding hydrogens is 398 g/mol. The molecule has 0 radical (unpaired) electrons. The zero-order valence-electron chi connectivity index (χ0n) is 17.7. The van der Waals surface area contributed by atoms with E-state index in [0.717, 1.165) is 35.2 Å². The maximum atomic E-state index is 12.6. The third-order valence-corrected chi connectivity index (χ3v) is 5.50. The van der Waals surface area contributed by atoms with Crippen molar-refractivity contribution in [2.24, 2.45) is 0 Å². The van der Waals surface area contributed by atoms with Crippen LogP contribution in [-0.2, 0) is 0 Å². The lowest BCUT2D eigenvalue weighted by Crippen LogP contribution is -2.13. The van der Waals surface area contributed by atoms with Crippen LogP contribution >= 0.6 is 0 Å². The minimum absolute atomic E-state index is 0.225. The molecule has 1 aromatic carbocycles. The van der Waals surface area contributed by atoms with E-state index >= 15 is 0 Å². The van der Waals surface area contributed by atoms with E-state index in [1.165, 1.54) is 12.0 Å². The Kier molecular flexibility index (Phi) is 5.22. The first-order valence-electron chi connectivity index (χ1n) is 10.6. The van der Waals surface area contributed by atoms with Gasteiger partial charge >= 0.3 is 0 Å². The Bertz CT molecular complexity index is 1410. The lowest BCUT2D eigenvalue weighted by molar-refractivity contribution is 0.102. The number of benzene rings is 1. The number of anilines is 1. The van der Waals surface area contributed by atoms with Crippen LogP contribution in [0.3, 0.4) is 0 Å². The van der Waals surface area contributed by atoms with E-state index in [4.69, 9.17) is 0 Å². The number of nitrogens with one attached hydrogen (secondary N) is 1. The van der Waals surface area contributed by atoms with Crippen molar-refractivity contribution in [2.75, 3.05) is 5.32 Å². The van der Waals surface area contributed by atoms with E-state index in [1.807, 2.05) is 25.3 Å². The number of hydrogen-bond acceptors (Lipinski definition) is 4. The summed E-state index contributed by atoms with van der Waals surface area (Å²) >= 11 is 0. The number of allylic oxidation sites excluding steroid dienone is 2. The van der Waals surface area contributed by atoms with Crippen molar-refractivity contribution in [3.8, 4) is 11.8 Å². The van der Waals surface area contributed by atoms with Gasteiger partial charge in [-0.1, -0.05) is 24.1 Å². The lowest BCUT2D eigenvalue weighted by atomic mass is 10.0. The number of nitrogens with zero attached hydrogens (tertiary/aromatic N) is 4. The summed E-state index contributed by atoms with van der Waals surface area (Å²) in [4.78, 5) is 21.2. The molecule has 0 bridgehead atoms. The van der Waals surface area contributed by atoms with Gasteiger partial charge in [0.2, 0.25) is 0 Å². The molecule has 0 spiro atoms. The highest BCUT2D eigenvalue weighted by molar-refractivity contribution is 6.04. The van der Waals surface area contributed by atoms with Crippen LogP contribution in [0.25, 0.3) is 11.2 Å². The minimum Gasteiger partial charge on any atom is -0.307 e. The van der Waals surface area contributed by atoms with Gasteiger partial charge in [0.15, 0.2) is 5.65 Å². The lowest BCUT2D eigenvalue weighted by Gasteiger charge is -2.06. The highest BCUT2D eigenvalue weighted by atomic mass is 16.1. The third kappa shape index (κ3) is 4.01. The molecule has 32 heavy (non-hydrogen) atoms. The van der Waals surface area contributed by atoms with Crippen LogP contribution in [0.5, 0.6) is 0 Å². The predicted molar refractivity (Wildman–Crippen MR) is 124 cm³/mol. The molecule has 0 saturated carbocycles. The van der Waals surface area contributed by atoms with Crippen LogP contribution in [0.15, 0.2) is 67.1 Å². The Hall–Kier alpha value is -4.24. The van der Waals surface area contributed by atoms with E-state index in [0.29, 0.717) is 17.1 Å². The number of hydrogen-bond donors (Lipinski definition) is 1. The van der Waals surface area contributed by atoms with Crippen LogP contribution in [0.1, 0.15) is 52.0 Å². The second-order valence-electron chi connectivity index (χ2n) is 7.73.